The third-order valence-electron chi connectivity index (χ3n) is 4.62. The number of hydrogen-bond acceptors (Lipinski definition) is 6. The summed E-state index contributed by atoms with van der Waals surface area (Å²) in [4.78, 5) is 38.0. The molecule has 32 heavy (non-hydrogen) atoms. The standard InChI is InChI=1S/C21H23BrFN3O6/c1-21(2,3)32-20(30)25-8-6-13(7-9-25)31-16-11-17(27)26(24-18(16)19(28)29)15-5-4-12(22)10-14(15)23/h4-5,10-11,13H,6-9H2,1-3H3,(H,28,29). The zero-order valence-corrected chi connectivity index (χ0v) is 19.4. The molecule has 2 aromatic rings. The Morgan fingerprint density at radius 3 is 2.44 bits per heavy atom. The second kappa shape index (κ2) is 9.27. The summed E-state index contributed by atoms with van der Waals surface area (Å²) >= 11 is 3.12. The third-order valence-corrected chi connectivity index (χ3v) is 5.12. The molecule has 3 rings (SSSR count). The number of amides is 1. The first-order valence-corrected chi connectivity index (χ1v) is 10.7. The van der Waals surface area contributed by atoms with Gasteiger partial charge in [-0.2, -0.15) is 9.78 Å². The van der Waals surface area contributed by atoms with Gasteiger partial charge in [0.25, 0.3) is 5.56 Å². The average Bonchev–Trinajstić information content (AvgIpc) is 2.68. The number of ether oxygens (including phenoxy) is 2. The predicted molar refractivity (Wildman–Crippen MR) is 116 cm³/mol. The van der Waals surface area contributed by atoms with Gasteiger partial charge < -0.3 is 19.5 Å². The number of nitrogens with zero attached hydrogens (tertiary/aromatic N) is 3. The summed E-state index contributed by atoms with van der Waals surface area (Å²) in [6, 6.07) is 4.95. The van der Waals surface area contributed by atoms with Crippen LogP contribution < -0.4 is 10.3 Å². The lowest BCUT2D eigenvalue weighted by Crippen LogP contribution is -2.44. The van der Waals surface area contributed by atoms with Gasteiger partial charge in [0.2, 0.25) is 5.69 Å². The number of rotatable bonds is 4. The van der Waals surface area contributed by atoms with Crippen LogP contribution >= 0.6 is 15.9 Å². The van der Waals surface area contributed by atoms with Crippen LogP contribution in [0, 0.1) is 5.82 Å². The highest BCUT2D eigenvalue weighted by Crippen LogP contribution is 2.23. The van der Waals surface area contributed by atoms with Gasteiger partial charge >= 0.3 is 12.1 Å². The fraction of sp³-hybridized carbons (Fsp3) is 0.429. The van der Waals surface area contributed by atoms with E-state index < -0.39 is 40.8 Å². The number of carbonyl (C=O) groups is 2. The largest absolute Gasteiger partial charge is 0.487 e. The van der Waals surface area contributed by atoms with Crippen molar-refractivity contribution in [3.8, 4) is 11.4 Å². The summed E-state index contributed by atoms with van der Waals surface area (Å²) < 4.78 is 26.5. The molecule has 1 saturated heterocycles. The van der Waals surface area contributed by atoms with E-state index >= 15 is 0 Å². The van der Waals surface area contributed by atoms with E-state index in [0.717, 1.165) is 12.1 Å². The molecule has 0 aliphatic carbocycles. The van der Waals surface area contributed by atoms with Gasteiger partial charge in [0.15, 0.2) is 5.75 Å². The highest BCUT2D eigenvalue weighted by atomic mass is 79.9. The molecule has 172 valence electrons. The molecule has 1 aromatic heterocycles. The molecule has 2 heterocycles. The number of likely N-dealkylation sites (tertiary alicyclic amines) is 1. The van der Waals surface area contributed by atoms with Crippen LogP contribution in [0.3, 0.4) is 0 Å². The molecule has 1 N–H and O–H groups in total. The van der Waals surface area contributed by atoms with E-state index in [4.69, 9.17) is 9.47 Å². The van der Waals surface area contributed by atoms with Gasteiger partial charge in [-0.3, -0.25) is 4.79 Å². The summed E-state index contributed by atoms with van der Waals surface area (Å²) in [5.41, 5.74) is -2.04. The van der Waals surface area contributed by atoms with Crippen LogP contribution in [0.25, 0.3) is 5.69 Å². The first-order chi connectivity index (χ1) is 14.9. The van der Waals surface area contributed by atoms with Crippen LogP contribution in [0.4, 0.5) is 9.18 Å². The topological polar surface area (TPSA) is 111 Å². The molecule has 1 amide bonds. The molecule has 0 bridgehead atoms. The first kappa shape index (κ1) is 23.7. The molecule has 0 saturated carbocycles. The highest BCUT2D eigenvalue weighted by Gasteiger charge is 2.29. The summed E-state index contributed by atoms with van der Waals surface area (Å²) in [5, 5.41) is 13.4. The number of hydrogen-bond donors (Lipinski definition) is 1. The first-order valence-electron chi connectivity index (χ1n) is 9.92. The molecule has 0 spiro atoms. The zero-order chi connectivity index (χ0) is 23.6. The molecule has 11 heteroatoms. The van der Waals surface area contributed by atoms with Gasteiger partial charge in [0.1, 0.15) is 23.2 Å². The van der Waals surface area contributed by atoms with Gasteiger partial charge in [-0.25, -0.2) is 14.0 Å². The van der Waals surface area contributed by atoms with Crippen molar-refractivity contribution < 1.29 is 28.6 Å². The monoisotopic (exact) mass is 511 g/mol. The number of carbonyl (C=O) groups excluding carboxylic acids is 1. The number of carboxylic acid groups (broad SMARTS) is 1. The Bertz CT molecular complexity index is 1090. The Hall–Kier alpha value is -2.95. The molecule has 9 nitrogen and oxygen atoms in total. The quantitative estimate of drug-likeness (QED) is 0.667. The van der Waals surface area contributed by atoms with Crippen LogP contribution in [0.15, 0.2) is 33.5 Å². The summed E-state index contributed by atoms with van der Waals surface area (Å²) in [6.45, 7) is 6.06. The molecule has 1 aromatic carbocycles. The molecule has 1 aliphatic heterocycles. The van der Waals surface area contributed by atoms with Crippen LogP contribution in [-0.2, 0) is 4.74 Å². The van der Waals surface area contributed by atoms with Gasteiger partial charge in [0, 0.05) is 30.4 Å². The summed E-state index contributed by atoms with van der Waals surface area (Å²) in [6.07, 6.45) is -0.0120. The van der Waals surface area contributed by atoms with E-state index in [1.54, 1.807) is 25.7 Å². The Kier molecular flexibility index (Phi) is 6.87. The number of aromatic nitrogens is 2. The van der Waals surface area contributed by atoms with Crippen LogP contribution in [-0.4, -0.2) is 56.6 Å². The summed E-state index contributed by atoms with van der Waals surface area (Å²) in [5.74, 6) is -2.36. The smallest absolute Gasteiger partial charge is 0.410 e. The minimum atomic E-state index is -1.42. The van der Waals surface area contributed by atoms with E-state index in [0.29, 0.717) is 35.1 Å². The molecule has 1 fully saturated rings. The lowest BCUT2D eigenvalue weighted by atomic mass is 10.1. The van der Waals surface area contributed by atoms with Crippen molar-refractivity contribution in [2.45, 2.75) is 45.3 Å². The van der Waals surface area contributed by atoms with Crippen LogP contribution in [0.2, 0.25) is 0 Å². The normalized spacial score (nSPS) is 14.8. The predicted octanol–water partition coefficient (Wildman–Crippen LogP) is 3.61. The zero-order valence-electron chi connectivity index (χ0n) is 17.8. The van der Waals surface area contributed by atoms with Crippen LogP contribution in [0.5, 0.6) is 5.75 Å². The minimum Gasteiger partial charge on any atom is -0.487 e. The molecule has 0 unspecified atom stereocenters. The van der Waals surface area contributed by atoms with Gasteiger partial charge in [-0.1, -0.05) is 15.9 Å². The van der Waals surface area contributed by atoms with Crippen molar-refractivity contribution in [1.29, 1.82) is 0 Å². The van der Waals surface area contributed by atoms with E-state index in [2.05, 4.69) is 21.0 Å². The van der Waals surface area contributed by atoms with Crippen molar-refractivity contribution in [3.63, 3.8) is 0 Å². The molecular weight excluding hydrogens is 489 g/mol. The summed E-state index contributed by atoms with van der Waals surface area (Å²) in [7, 11) is 0. The lowest BCUT2D eigenvalue weighted by molar-refractivity contribution is 0.0125. The maximum atomic E-state index is 14.3. The SMILES string of the molecule is CC(C)(C)OC(=O)N1CCC(Oc2cc(=O)n(-c3ccc(Br)cc3F)nc2C(=O)O)CC1. The number of aromatic carboxylic acids is 1. The fourth-order valence-corrected chi connectivity index (χ4v) is 3.50. The van der Waals surface area contributed by atoms with Crippen molar-refractivity contribution >= 4 is 28.0 Å². The van der Waals surface area contributed by atoms with Crippen molar-refractivity contribution in [1.82, 2.24) is 14.7 Å². The van der Waals surface area contributed by atoms with Gasteiger partial charge in [0.05, 0.1) is 6.07 Å². The molecule has 0 radical (unpaired) electrons. The molecule has 0 atom stereocenters. The van der Waals surface area contributed by atoms with E-state index in [1.807, 2.05) is 0 Å². The average molecular weight is 512 g/mol. The number of piperidine rings is 1. The van der Waals surface area contributed by atoms with E-state index in [1.165, 1.54) is 12.1 Å². The maximum absolute atomic E-state index is 14.3. The third kappa shape index (κ3) is 5.64. The van der Waals surface area contributed by atoms with Crippen molar-refractivity contribution in [2.24, 2.45) is 0 Å². The Morgan fingerprint density at radius 2 is 1.88 bits per heavy atom. The van der Waals surface area contributed by atoms with Crippen LogP contribution in [0.1, 0.15) is 44.1 Å². The van der Waals surface area contributed by atoms with Gasteiger partial charge in [-0.05, 0) is 39.0 Å². The van der Waals surface area contributed by atoms with Gasteiger partial charge in [-0.15, -0.1) is 0 Å². The number of carboxylic acids is 1. The number of halogens is 2. The minimum absolute atomic E-state index is 0.182. The Morgan fingerprint density at radius 1 is 1.22 bits per heavy atom. The molecule has 1 aliphatic rings. The highest BCUT2D eigenvalue weighted by molar-refractivity contribution is 9.10. The number of benzene rings is 1. The van der Waals surface area contributed by atoms with Crippen molar-refractivity contribution in [2.75, 3.05) is 13.1 Å². The second-order valence-electron chi connectivity index (χ2n) is 8.29. The lowest BCUT2D eigenvalue weighted by Gasteiger charge is -2.33. The Balaban J connectivity index is 1.78. The van der Waals surface area contributed by atoms with E-state index in [9.17, 15) is 23.9 Å². The second-order valence-corrected chi connectivity index (χ2v) is 9.21. The Labute approximate surface area is 191 Å². The molecular formula is C21H23BrFN3O6. The van der Waals surface area contributed by atoms with Crippen molar-refractivity contribution in [3.05, 3.63) is 50.6 Å². The van der Waals surface area contributed by atoms with E-state index in [-0.39, 0.29) is 11.4 Å². The maximum Gasteiger partial charge on any atom is 0.410 e. The fourth-order valence-electron chi connectivity index (χ4n) is 3.17.